The second-order valence-corrected chi connectivity index (χ2v) is 7.57. The normalized spacial score (nSPS) is 16.4. The Labute approximate surface area is 166 Å². The molecule has 2 heterocycles. The maximum Gasteiger partial charge on any atom is 0.244 e. The molecule has 1 unspecified atom stereocenters. The minimum absolute atomic E-state index is 0.00574. The molecule has 28 heavy (non-hydrogen) atoms. The average Bonchev–Trinajstić information content (AvgIpc) is 2.71. The lowest BCUT2D eigenvalue weighted by molar-refractivity contribution is -0.135. The molecule has 1 aliphatic heterocycles. The Kier molecular flexibility index (Phi) is 6.41. The number of aromatic nitrogens is 1. The Morgan fingerprint density at radius 3 is 2.36 bits per heavy atom. The second-order valence-electron chi connectivity index (χ2n) is 7.57. The monoisotopic (exact) mass is 380 g/mol. The number of hydrogen-bond acceptors (Lipinski definition) is 4. The number of amides is 2. The zero-order chi connectivity index (χ0) is 20.1. The van der Waals surface area contributed by atoms with Gasteiger partial charge in [0.15, 0.2) is 0 Å². The number of carbonyl (C=O) groups excluding carboxylic acids is 2. The smallest absolute Gasteiger partial charge is 0.244 e. The van der Waals surface area contributed by atoms with E-state index in [1.807, 2.05) is 49.4 Å². The molecule has 0 radical (unpaired) electrons. The van der Waals surface area contributed by atoms with E-state index in [2.05, 4.69) is 15.2 Å². The highest BCUT2D eigenvalue weighted by molar-refractivity contribution is 5.91. The minimum atomic E-state index is -0.307. The Hall–Kier alpha value is -2.73. The fourth-order valence-electron chi connectivity index (χ4n) is 3.58. The number of rotatable bonds is 5. The third-order valence-corrected chi connectivity index (χ3v) is 5.22. The van der Waals surface area contributed by atoms with Crippen molar-refractivity contribution in [1.82, 2.24) is 14.8 Å². The highest BCUT2D eigenvalue weighted by Gasteiger charge is 2.33. The molecule has 1 atom stereocenters. The second kappa shape index (κ2) is 8.97. The zero-order valence-electron chi connectivity index (χ0n) is 16.8. The molecule has 1 aromatic carbocycles. The Bertz CT molecular complexity index is 797. The molecule has 2 aromatic rings. The summed E-state index contributed by atoms with van der Waals surface area (Å²) in [5.41, 5.74) is 2.05. The molecule has 6 nitrogen and oxygen atoms in total. The predicted molar refractivity (Wildman–Crippen MR) is 110 cm³/mol. The van der Waals surface area contributed by atoms with Crippen LogP contribution >= 0.6 is 0 Å². The van der Waals surface area contributed by atoms with Crippen molar-refractivity contribution in [2.24, 2.45) is 5.92 Å². The van der Waals surface area contributed by atoms with Gasteiger partial charge in [0.25, 0.3) is 0 Å². The van der Waals surface area contributed by atoms with E-state index in [-0.39, 0.29) is 23.8 Å². The number of anilines is 1. The molecule has 2 amide bonds. The van der Waals surface area contributed by atoms with Crippen molar-refractivity contribution in [2.45, 2.75) is 25.8 Å². The highest BCUT2D eigenvalue weighted by Crippen LogP contribution is 2.28. The number of pyridine rings is 1. The maximum atomic E-state index is 12.8. The average molecular weight is 380 g/mol. The summed E-state index contributed by atoms with van der Waals surface area (Å²) >= 11 is 0. The molecule has 0 aliphatic carbocycles. The lowest BCUT2D eigenvalue weighted by Gasteiger charge is -2.37. The van der Waals surface area contributed by atoms with Crippen molar-refractivity contribution in [3.8, 4) is 0 Å². The summed E-state index contributed by atoms with van der Waals surface area (Å²) in [6, 6.07) is 13.3. The van der Waals surface area contributed by atoms with Gasteiger partial charge in [-0.15, -0.1) is 0 Å². The molecule has 1 saturated heterocycles. The van der Waals surface area contributed by atoms with Gasteiger partial charge >= 0.3 is 0 Å². The lowest BCUT2D eigenvalue weighted by Crippen LogP contribution is -2.45. The number of hydrogen-bond donors (Lipinski definition) is 1. The number of likely N-dealkylation sites (tertiary alicyclic amines) is 1. The third-order valence-electron chi connectivity index (χ3n) is 5.22. The summed E-state index contributed by atoms with van der Waals surface area (Å²) in [7, 11) is 3.57. The summed E-state index contributed by atoms with van der Waals surface area (Å²) in [5, 5.41) is 2.91. The molecule has 0 bridgehead atoms. The van der Waals surface area contributed by atoms with Crippen molar-refractivity contribution < 1.29 is 9.59 Å². The maximum absolute atomic E-state index is 12.8. The van der Waals surface area contributed by atoms with E-state index in [4.69, 9.17) is 0 Å². The van der Waals surface area contributed by atoms with Gasteiger partial charge in [0.2, 0.25) is 11.8 Å². The standard InChI is InChI=1S/C22H28N4O2/c1-16-9-10-19(23-15-16)24-21(27)18-11-13-26(14-12-18)20(22(28)25(2)3)17-7-5-4-6-8-17/h4-10,15,18,20H,11-14H2,1-3H3,(H,23,24,27). The van der Waals surface area contributed by atoms with Gasteiger partial charge in [0.05, 0.1) is 0 Å². The molecule has 1 N–H and O–H groups in total. The first-order valence-corrected chi connectivity index (χ1v) is 9.69. The number of aryl methyl sites for hydroxylation is 1. The van der Waals surface area contributed by atoms with Crippen LogP contribution < -0.4 is 5.32 Å². The van der Waals surface area contributed by atoms with Crippen LogP contribution in [0, 0.1) is 12.8 Å². The first kappa shape index (κ1) is 20.0. The van der Waals surface area contributed by atoms with E-state index >= 15 is 0 Å². The van der Waals surface area contributed by atoms with E-state index in [1.54, 1.807) is 25.2 Å². The van der Waals surface area contributed by atoms with Crippen LogP contribution in [0.1, 0.15) is 30.0 Å². The SMILES string of the molecule is Cc1ccc(NC(=O)C2CCN(C(C(=O)N(C)C)c3ccccc3)CC2)nc1. The summed E-state index contributed by atoms with van der Waals surface area (Å²) in [6.45, 7) is 3.38. The zero-order valence-corrected chi connectivity index (χ0v) is 16.8. The van der Waals surface area contributed by atoms with Crippen molar-refractivity contribution in [2.75, 3.05) is 32.5 Å². The van der Waals surface area contributed by atoms with E-state index in [1.165, 1.54) is 0 Å². The molecule has 1 fully saturated rings. The number of carbonyl (C=O) groups is 2. The highest BCUT2D eigenvalue weighted by atomic mass is 16.2. The third kappa shape index (κ3) is 4.75. The van der Waals surface area contributed by atoms with Gasteiger partial charge in [-0.3, -0.25) is 14.5 Å². The van der Waals surface area contributed by atoms with E-state index in [9.17, 15) is 9.59 Å². The first-order chi connectivity index (χ1) is 13.5. The van der Waals surface area contributed by atoms with E-state index < -0.39 is 0 Å². The summed E-state index contributed by atoms with van der Waals surface area (Å²) in [6.07, 6.45) is 3.19. The van der Waals surface area contributed by atoms with Crippen LogP contribution in [0.15, 0.2) is 48.7 Å². The Balaban J connectivity index is 1.64. The van der Waals surface area contributed by atoms with Crippen molar-refractivity contribution in [1.29, 1.82) is 0 Å². The predicted octanol–water partition coefficient (Wildman–Crippen LogP) is 2.87. The fourth-order valence-corrected chi connectivity index (χ4v) is 3.58. The van der Waals surface area contributed by atoms with Gasteiger partial charge < -0.3 is 10.2 Å². The molecule has 6 heteroatoms. The van der Waals surface area contributed by atoms with Gasteiger partial charge in [-0.25, -0.2) is 4.98 Å². The summed E-state index contributed by atoms with van der Waals surface area (Å²) in [5.74, 6) is 0.595. The Morgan fingerprint density at radius 1 is 1.11 bits per heavy atom. The van der Waals surface area contributed by atoms with Crippen molar-refractivity contribution in [3.63, 3.8) is 0 Å². The molecule has 1 aromatic heterocycles. The van der Waals surface area contributed by atoms with Gasteiger partial charge in [0.1, 0.15) is 11.9 Å². The molecule has 0 saturated carbocycles. The lowest BCUT2D eigenvalue weighted by atomic mass is 9.93. The quantitative estimate of drug-likeness (QED) is 0.866. The van der Waals surface area contributed by atoms with E-state index in [0.29, 0.717) is 18.9 Å². The number of piperidine rings is 1. The summed E-state index contributed by atoms with van der Waals surface area (Å²) in [4.78, 5) is 33.5. The van der Waals surface area contributed by atoms with Crippen molar-refractivity contribution >= 4 is 17.6 Å². The topological polar surface area (TPSA) is 65.5 Å². The number of nitrogens with one attached hydrogen (secondary N) is 1. The number of nitrogens with zero attached hydrogens (tertiary/aromatic N) is 3. The van der Waals surface area contributed by atoms with E-state index in [0.717, 1.165) is 24.0 Å². The van der Waals surface area contributed by atoms with Gasteiger partial charge in [-0.05, 0) is 50.0 Å². The molecule has 0 spiro atoms. The minimum Gasteiger partial charge on any atom is -0.347 e. The van der Waals surface area contributed by atoms with Gasteiger partial charge in [0, 0.05) is 26.2 Å². The van der Waals surface area contributed by atoms with Crippen LogP contribution in [0.4, 0.5) is 5.82 Å². The van der Waals surface area contributed by atoms with Crippen LogP contribution in [0.2, 0.25) is 0 Å². The molecular weight excluding hydrogens is 352 g/mol. The van der Waals surface area contributed by atoms with Crippen LogP contribution in [-0.4, -0.2) is 53.8 Å². The van der Waals surface area contributed by atoms with Crippen LogP contribution in [0.5, 0.6) is 0 Å². The first-order valence-electron chi connectivity index (χ1n) is 9.69. The summed E-state index contributed by atoms with van der Waals surface area (Å²) < 4.78 is 0. The fraction of sp³-hybridized carbons (Fsp3) is 0.409. The van der Waals surface area contributed by atoms with Crippen LogP contribution in [0.25, 0.3) is 0 Å². The molecule has 1 aliphatic rings. The Morgan fingerprint density at radius 2 is 1.79 bits per heavy atom. The number of benzene rings is 1. The molecule has 3 rings (SSSR count). The molecular formula is C22H28N4O2. The van der Waals surface area contributed by atoms with Gasteiger partial charge in [-0.2, -0.15) is 0 Å². The van der Waals surface area contributed by atoms with Gasteiger partial charge in [-0.1, -0.05) is 36.4 Å². The van der Waals surface area contributed by atoms with Crippen LogP contribution in [-0.2, 0) is 9.59 Å². The van der Waals surface area contributed by atoms with Crippen molar-refractivity contribution in [3.05, 3.63) is 59.8 Å². The molecule has 148 valence electrons. The largest absolute Gasteiger partial charge is 0.347 e. The number of likely N-dealkylation sites (N-methyl/N-ethyl adjacent to an activating group) is 1. The van der Waals surface area contributed by atoms with Crippen LogP contribution in [0.3, 0.4) is 0 Å².